The lowest BCUT2D eigenvalue weighted by Gasteiger charge is -2.07. The molecule has 0 saturated carbocycles. The van der Waals surface area contributed by atoms with Crippen LogP contribution in [0.15, 0.2) is 48.5 Å². The first-order chi connectivity index (χ1) is 12.1. The third kappa shape index (κ3) is 6.59. The second-order valence-corrected chi connectivity index (χ2v) is 6.21. The predicted octanol–water partition coefficient (Wildman–Crippen LogP) is 4.87. The first-order valence-electron chi connectivity index (χ1n) is 8.40. The van der Waals surface area contributed by atoms with Crippen molar-refractivity contribution >= 4 is 29.2 Å². The van der Waals surface area contributed by atoms with Gasteiger partial charge in [-0.15, -0.1) is 0 Å². The van der Waals surface area contributed by atoms with Gasteiger partial charge in [-0.05, 0) is 48.4 Å². The molecule has 1 N–H and O–H groups in total. The Labute approximate surface area is 153 Å². The Hall–Kier alpha value is -2.33. The molecule has 0 radical (unpaired) electrons. The molecule has 5 heteroatoms. The number of rotatable bonds is 8. The zero-order valence-corrected chi connectivity index (χ0v) is 15.0. The Bertz CT molecular complexity index is 696. The molecular formula is C20H22ClNO3. The van der Waals surface area contributed by atoms with Gasteiger partial charge in [0.1, 0.15) is 0 Å². The minimum absolute atomic E-state index is 0.128. The Morgan fingerprint density at radius 2 is 1.68 bits per heavy atom. The Morgan fingerprint density at radius 1 is 1.00 bits per heavy atom. The zero-order valence-electron chi connectivity index (χ0n) is 14.3. The fraction of sp³-hybridized carbons (Fsp3) is 0.300. The number of carbonyl (C=O) groups is 2. The quantitative estimate of drug-likeness (QED) is 0.540. The van der Waals surface area contributed by atoms with Crippen molar-refractivity contribution in [2.75, 3.05) is 11.9 Å². The molecule has 0 aliphatic heterocycles. The SMILES string of the molecule is CCCCCOC(=O)c1ccc(NC(=O)Cc2ccc(Cl)cc2)cc1. The highest BCUT2D eigenvalue weighted by Crippen LogP contribution is 2.13. The van der Waals surface area contributed by atoms with Crippen LogP contribution in [0.1, 0.15) is 42.1 Å². The van der Waals surface area contributed by atoms with Crippen molar-refractivity contribution in [2.45, 2.75) is 32.6 Å². The van der Waals surface area contributed by atoms with Gasteiger partial charge in [0.15, 0.2) is 0 Å². The monoisotopic (exact) mass is 359 g/mol. The third-order valence-corrected chi connectivity index (χ3v) is 3.92. The summed E-state index contributed by atoms with van der Waals surface area (Å²) in [4.78, 5) is 23.9. The summed E-state index contributed by atoms with van der Waals surface area (Å²) in [6.45, 7) is 2.54. The van der Waals surface area contributed by atoms with Crippen molar-refractivity contribution in [3.63, 3.8) is 0 Å². The zero-order chi connectivity index (χ0) is 18.1. The number of nitrogens with one attached hydrogen (secondary N) is 1. The van der Waals surface area contributed by atoms with Crippen LogP contribution in [0.2, 0.25) is 5.02 Å². The highest BCUT2D eigenvalue weighted by molar-refractivity contribution is 6.30. The van der Waals surface area contributed by atoms with Crippen LogP contribution in [0.3, 0.4) is 0 Å². The highest BCUT2D eigenvalue weighted by Gasteiger charge is 2.08. The first-order valence-corrected chi connectivity index (χ1v) is 8.77. The van der Waals surface area contributed by atoms with Crippen LogP contribution < -0.4 is 5.32 Å². The molecule has 2 aromatic rings. The van der Waals surface area contributed by atoms with Gasteiger partial charge in [-0.25, -0.2) is 4.79 Å². The summed E-state index contributed by atoms with van der Waals surface area (Å²) in [5, 5.41) is 3.45. The Balaban J connectivity index is 1.83. The van der Waals surface area contributed by atoms with E-state index in [0.29, 0.717) is 22.9 Å². The van der Waals surface area contributed by atoms with Gasteiger partial charge in [0, 0.05) is 10.7 Å². The van der Waals surface area contributed by atoms with E-state index >= 15 is 0 Å². The minimum atomic E-state index is -0.338. The second kappa shape index (κ2) is 9.84. The number of anilines is 1. The van der Waals surface area contributed by atoms with Gasteiger partial charge in [0.05, 0.1) is 18.6 Å². The maximum Gasteiger partial charge on any atom is 0.338 e. The number of hydrogen-bond donors (Lipinski definition) is 1. The van der Waals surface area contributed by atoms with E-state index in [9.17, 15) is 9.59 Å². The molecule has 0 fully saturated rings. The number of carbonyl (C=O) groups excluding carboxylic acids is 2. The molecule has 0 unspecified atom stereocenters. The summed E-state index contributed by atoms with van der Waals surface area (Å²) < 4.78 is 5.20. The highest BCUT2D eigenvalue weighted by atomic mass is 35.5. The molecule has 2 rings (SSSR count). The second-order valence-electron chi connectivity index (χ2n) is 5.77. The lowest BCUT2D eigenvalue weighted by molar-refractivity contribution is -0.115. The number of amides is 1. The number of halogens is 1. The van der Waals surface area contributed by atoms with E-state index in [4.69, 9.17) is 16.3 Å². The van der Waals surface area contributed by atoms with Crippen molar-refractivity contribution in [1.82, 2.24) is 0 Å². The van der Waals surface area contributed by atoms with Crippen LogP contribution >= 0.6 is 11.6 Å². The average molecular weight is 360 g/mol. The smallest absolute Gasteiger partial charge is 0.338 e. The van der Waals surface area contributed by atoms with E-state index in [1.165, 1.54) is 0 Å². The molecule has 0 aliphatic carbocycles. The van der Waals surface area contributed by atoms with Crippen molar-refractivity contribution < 1.29 is 14.3 Å². The van der Waals surface area contributed by atoms with Crippen molar-refractivity contribution in [3.05, 3.63) is 64.7 Å². The van der Waals surface area contributed by atoms with E-state index in [2.05, 4.69) is 12.2 Å². The van der Waals surface area contributed by atoms with E-state index in [1.54, 1.807) is 36.4 Å². The summed E-state index contributed by atoms with van der Waals surface area (Å²) >= 11 is 5.83. The van der Waals surface area contributed by atoms with Crippen LogP contribution in [0.25, 0.3) is 0 Å². The summed E-state index contributed by atoms with van der Waals surface area (Å²) in [6, 6.07) is 13.8. The first kappa shape index (κ1) is 19.0. The van der Waals surface area contributed by atoms with Gasteiger partial charge in [-0.2, -0.15) is 0 Å². The van der Waals surface area contributed by atoms with Crippen LogP contribution in [0.4, 0.5) is 5.69 Å². The minimum Gasteiger partial charge on any atom is -0.462 e. The number of unbranched alkanes of at least 4 members (excludes halogenated alkanes) is 2. The molecule has 0 saturated heterocycles. The molecule has 0 spiro atoms. The number of benzene rings is 2. The van der Waals surface area contributed by atoms with Crippen molar-refractivity contribution in [3.8, 4) is 0 Å². The third-order valence-electron chi connectivity index (χ3n) is 3.66. The van der Waals surface area contributed by atoms with E-state index in [-0.39, 0.29) is 18.3 Å². The van der Waals surface area contributed by atoms with Gasteiger partial charge in [-0.1, -0.05) is 43.5 Å². The van der Waals surface area contributed by atoms with E-state index < -0.39 is 0 Å². The molecule has 0 atom stereocenters. The molecule has 4 nitrogen and oxygen atoms in total. The summed E-state index contributed by atoms with van der Waals surface area (Å²) in [5.41, 5.74) is 2.00. The molecule has 0 aliphatic rings. The maximum atomic E-state index is 12.1. The number of hydrogen-bond acceptors (Lipinski definition) is 3. The molecule has 0 bridgehead atoms. The molecule has 0 heterocycles. The number of ether oxygens (including phenoxy) is 1. The van der Waals surface area contributed by atoms with Crippen LogP contribution in [0, 0.1) is 0 Å². The van der Waals surface area contributed by atoms with Gasteiger partial charge < -0.3 is 10.1 Å². The summed E-state index contributed by atoms with van der Waals surface area (Å²) in [6.07, 6.45) is 3.27. The standard InChI is InChI=1S/C20H22ClNO3/c1-2-3-4-13-25-20(24)16-7-11-18(12-8-16)22-19(23)14-15-5-9-17(21)10-6-15/h5-12H,2-4,13-14H2,1H3,(H,22,23). The number of esters is 1. The maximum absolute atomic E-state index is 12.1. The molecule has 25 heavy (non-hydrogen) atoms. The van der Waals surface area contributed by atoms with E-state index in [0.717, 1.165) is 24.8 Å². The molecular weight excluding hydrogens is 338 g/mol. The lowest BCUT2D eigenvalue weighted by atomic mass is 10.1. The largest absolute Gasteiger partial charge is 0.462 e. The van der Waals surface area contributed by atoms with E-state index in [1.807, 2.05) is 12.1 Å². The molecule has 0 aromatic heterocycles. The Kier molecular flexibility index (Phi) is 7.48. The summed E-state index contributed by atoms with van der Waals surface area (Å²) in [5.74, 6) is -0.465. The Morgan fingerprint density at radius 3 is 2.32 bits per heavy atom. The molecule has 1 amide bonds. The van der Waals surface area contributed by atoms with Gasteiger partial charge in [-0.3, -0.25) is 4.79 Å². The van der Waals surface area contributed by atoms with Gasteiger partial charge in [0.25, 0.3) is 0 Å². The fourth-order valence-electron chi connectivity index (χ4n) is 2.28. The van der Waals surface area contributed by atoms with Gasteiger partial charge in [0.2, 0.25) is 5.91 Å². The lowest BCUT2D eigenvalue weighted by Crippen LogP contribution is -2.14. The summed E-state index contributed by atoms with van der Waals surface area (Å²) in [7, 11) is 0. The van der Waals surface area contributed by atoms with Crippen LogP contribution in [-0.2, 0) is 16.0 Å². The average Bonchev–Trinajstić information content (AvgIpc) is 2.61. The van der Waals surface area contributed by atoms with Crippen molar-refractivity contribution in [1.29, 1.82) is 0 Å². The van der Waals surface area contributed by atoms with Crippen molar-refractivity contribution in [2.24, 2.45) is 0 Å². The molecule has 132 valence electrons. The predicted molar refractivity (Wildman–Crippen MR) is 100 cm³/mol. The van der Waals surface area contributed by atoms with Crippen LogP contribution in [0.5, 0.6) is 0 Å². The molecule has 2 aromatic carbocycles. The fourth-order valence-corrected chi connectivity index (χ4v) is 2.41. The van der Waals surface area contributed by atoms with Crippen LogP contribution in [-0.4, -0.2) is 18.5 Å². The topological polar surface area (TPSA) is 55.4 Å². The van der Waals surface area contributed by atoms with Gasteiger partial charge >= 0.3 is 5.97 Å². The normalized spacial score (nSPS) is 10.3.